The Bertz CT molecular complexity index is 1090. The second-order valence-electron chi connectivity index (χ2n) is 7.81. The highest BCUT2D eigenvalue weighted by atomic mass is 35.5. The summed E-state index contributed by atoms with van der Waals surface area (Å²) in [6, 6.07) is 14.5. The van der Waals surface area contributed by atoms with Gasteiger partial charge in [-0.3, -0.25) is 19.4 Å². The van der Waals surface area contributed by atoms with Crippen molar-refractivity contribution in [3.63, 3.8) is 0 Å². The van der Waals surface area contributed by atoms with Crippen molar-refractivity contribution in [1.29, 1.82) is 0 Å². The molecule has 0 unspecified atom stereocenters. The molecule has 1 atom stereocenters. The molecule has 2 N–H and O–H groups in total. The van der Waals surface area contributed by atoms with Gasteiger partial charge in [-0.05, 0) is 17.7 Å². The third-order valence-corrected chi connectivity index (χ3v) is 5.97. The molecule has 4 rings (SSSR count). The molecule has 0 amide bonds. The van der Waals surface area contributed by atoms with E-state index in [1.807, 2.05) is 23.1 Å². The van der Waals surface area contributed by atoms with Crippen LogP contribution >= 0.6 is 11.6 Å². The largest absolute Gasteiger partial charge is 0.480 e. The fourth-order valence-corrected chi connectivity index (χ4v) is 4.46. The molecule has 1 aromatic heterocycles. The van der Waals surface area contributed by atoms with Gasteiger partial charge < -0.3 is 14.8 Å². The maximum absolute atomic E-state index is 12.3. The van der Waals surface area contributed by atoms with Crippen LogP contribution < -0.4 is 0 Å². The third-order valence-electron chi connectivity index (χ3n) is 5.73. The molecule has 1 aliphatic rings. The number of fused-ring (bicyclic) bond motifs is 1. The first-order valence-corrected chi connectivity index (χ1v) is 10.5. The van der Waals surface area contributed by atoms with Gasteiger partial charge in [0.25, 0.3) is 0 Å². The first-order chi connectivity index (χ1) is 14.9. The van der Waals surface area contributed by atoms with Gasteiger partial charge in [0.2, 0.25) is 0 Å². The van der Waals surface area contributed by atoms with E-state index in [1.54, 1.807) is 29.0 Å². The molecule has 2 heterocycles. The van der Waals surface area contributed by atoms with Gasteiger partial charge in [-0.2, -0.15) is 0 Å². The molecule has 31 heavy (non-hydrogen) atoms. The molecule has 1 fully saturated rings. The molecule has 7 nitrogen and oxygen atoms in total. The van der Waals surface area contributed by atoms with Crippen LogP contribution in [0.5, 0.6) is 0 Å². The summed E-state index contributed by atoms with van der Waals surface area (Å²) in [7, 11) is 0. The number of halogens is 1. The zero-order chi connectivity index (χ0) is 22.0. The highest BCUT2D eigenvalue weighted by Gasteiger charge is 2.33. The minimum Gasteiger partial charge on any atom is -0.480 e. The first-order valence-electron chi connectivity index (χ1n) is 10.2. The quantitative estimate of drug-likeness (QED) is 0.585. The van der Waals surface area contributed by atoms with Crippen molar-refractivity contribution >= 4 is 34.4 Å². The number of carboxylic acids is 2. The van der Waals surface area contributed by atoms with Gasteiger partial charge >= 0.3 is 11.9 Å². The van der Waals surface area contributed by atoms with Crippen molar-refractivity contribution in [2.24, 2.45) is 0 Å². The number of aliphatic carboxylic acids is 2. The van der Waals surface area contributed by atoms with Crippen LogP contribution in [0, 0.1) is 0 Å². The van der Waals surface area contributed by atoms with Crippen LogP contribution in [0.25, 0.3) is 10.9 Å². The SMILES string of the molecule is O=C(O)Cn1cc([C@H](C(=O)O)N2CCN(Cc3ccccc3)CC2)c2ccc(Cl)cc21. The molecular formula is C23H24ClN3O4. The number of rotatable bonds is 7. The van der Waals surface area contributed by atoms with Gasteiger partial charge in [-0.25, -0.2) is 0 Å². The van der Waals surface area contributed by atoms with E-state index in [0.717, 1.165) is 19.6 Å². The molecular weight excluding hydrogens is 418 g/mol. The Morgan fingerprint density at radius 3 is 2.35 bits per heavy atom. The van der Waals surface area contributed by atoms with Crippen molar-refractivity contribution in [2.75, 3.05) is 26.2 Å². The maximum Gasteiger partial charge on any atom is 0.325 e. The number of carboxylic acid groups (broad SMARTS) is 2. The van der Waals surface area contributed by atoms with Crippen LogP contribution in [-0.4, -0.2) is 62.7 Å². The van der Waals surface area contributed by atoms with Crippen LogP contribution in [-0.2, 0) is 22.7 Å². The average Bonchev–Trinajstić information content (AvgIpc) is 3.06. The van der Waals surface area contributed by atoms with E-state index < -0.39 is 18.0 Å². The lowest BCUT2D eigenvalue weighted by Crippen LogP contribution is -2.48. The van der Waals surface area contributed by atoms with Crippen LogP contribution in [0.2, 0.25) is 5.02 Å². The molecule has 0 aliphatic carbocycles. The van der Waals surface area contributed by atoms with E-state index >= 15 is 0 Å². The lowest BCUT2D eigenvalue weighted by molar-refractivity contribution is -0.144. The molecule has 3 aromatic rings. The lowest BCUT2D eigenvalue weighted by Gasteiger charge is -2.37. The Morgan fingerprint density at radius 1 is 1.00 bits per heavy atom. The Labute approximate surface area is 185 Å². The van der Waals surface area contributed by atoms with E-state index in [4.69, 9.17) is 11.6 Å². The van der Waals surface area contributed by atoms with E-state index in [-0.39, 0.29) is 6.54 Å². The zero-order valence-electron chi connectivity index (χ0n) is 16.9. The fraction of sp³-hybridized carbons (Fsp3) is 0.304. The molecule has 0 saturated carbocycles. The fourth-order valence-electron chi connectivity index (χ4n) is 4.30. The Morgan fingerprint density at radius 2 is 1.71 bits per heavy atom. The topological polar surface area (TPSA) is 86.0 Å². The summed E-state index contributed by atoms with van der Waals surface area (Å²) < 4.78 is 1.56. The number of aromatic nitrogens is 1. The minimum atomic E-state index is -0.996. The van der Waals surface area contributed by atoms with Gasteiger partial charge in [-0.1, -0.05) is 48.0 Å². The van der Waals surface area contributed by atoms with Crippen molar-refractivity contribution < 1.29 is 19.8 Å². The summed E-state index contributed by atoms with van der Waals surface area (Å²) in [6.45, 7) is 3.33. The van der Waals surface area contributed by atoms with Crippen LogP contribution in [0.4, 0.5) is 0 Å². The highest BCUT2D eigenvalue weighted by Crippen LogP contribution is 2.33. The molecule has 1 aliphatic heterocycles. The molecule has 162 valence electrons. The molecule has 0 radical (unpaired) electrons. The van der Waals surface area contributed by atoms with Crippen LogP contribution in [0.3, 0.4) is 0 Å². The van der Waals surface area contributed by atoms with Crippen molar-refractivity contribution in [3.05, 3.63) is 70.9 Å². The Hall–Kier alpha value is -2.87. The second kappa shape index (κ2) is 9.09. The van der Waals surface area contributed by atoms with E-state index in [0.29, 0.717) is 34.6 Å². The smallest absolute Gasteiger partial charge is 0.325 e. The van der Waals surface area contributed by atoms with Gasteiger partial charge in [0, 0.05) is 54.9 Å². The number of carbonyl (C=O) groups is 2. The number of hydrogen-bond acceptors (Lipinski definition) is 4. The summed E-state index contributed by atoms with van der Waals surface area (Å²) in [6.07, 6.45) is 1.64. The highest BCUT2D eigenvalue weighted by molar-refractivity contribution is 6.31. The molecule has 2 aromatic carbocycles. The maximum atomic E-state index is 12.3. The third kappa shape index (κ3) is 4.74. The standard InChI is InChI=1S/C23H24ClN3O4/c24-17-6-7-18-19(14-27(15-21(28)29)20(18)12-17)22(23(30)31)26-10-8-25(9-11-26)13-16-4-2-1-3-5-16/h1-7,12,14,22H,8-11,13,15H2,(H,28,29)(H,30,31)/t22-/m1/s1. The van der Waals surface area contributed by atoms with Crippen molar-refractivity contribution in [2.45, 2.75) is 19.1 Å². The molecule has 0 bridgehead atoms. The second-order valence-corrected chi connectivity index (χ2v) is 8.24. The molecule has 8 heteroatoms. The van der Waals surface area contributed by atoms with Gasteiger partial charge in [0.05, 0.1) is 5.52 Å². The lowest BCUT2D eigenvalue weighted by atomic mass is 10.0. The first kappa shape index (κ1) is 21.4. The summed E-state index contributed by atoms with van der Waals surface area (Å²) in [5.74, 6) is -1.94. The van der Waals surface area contributed by atoms with Crippen molar-refractivity contribution in [3.8, 4) is 0 Å². The van der Waals surface area contributed by atoms with E-state index in [2.05, 4.69) is 17.0 Å². The molecule has 1 saturated heterocycles. The zero-order valence-corrected chi connectivity index (χ0v) is 17.7. The number of benzene rings is 2. The summed E-state index contributed by atoms with van der Waals surface area (Å²) in [5, 5.41) is 20.5. The van der Waals surface area contributed by atoms with Crippen LogP contribution in [0.15, 0.2) is 54.7 Å². The van der Waals surface area contributed by atoms with Gasteiger partial charge in [0.1, 0.15) is 12.6 Å². The normalized spacial score (nSPS) is 16.4. The Balaban J connectivity index is 1.58. The number of nitrogens with zero attached hydrogens (tertiary/aromatic N) is 3. The predicted molar refractivity (Wildman–Crippen MR) is 118 cm³/mol. The van der Waals surface area contributed by atoms with E-state index in [1.165, 1.54) is 5.56 Å². The predicted octanol–water partition coefficient (Wildman–Crippen LogP) is 3.32. The summed E-state index contributed by atoms with van der Waals surface area (Å²) >= 11 is 6.12. The summed E-state index contributed by atoms with van der Waals surface area (Å²) in [4.78, 5) is 27.9. The Kier molecular flexibility index (Phi) is 6.27. The van der Waals surface area contributed by atoms with Crippen LogP contribution in [0.1, 0.15) is 17.2 Å². The minimum absolute atomic E-state index is 0.256. The van der Waals surface area contributed by atoms with Crippen molar-refractivity contribution in [1.82, 2.24) is 14.4 Å². The van der Waals surface area contributed by atoms with Gasteiger partial charge in [-0.15, -0.1) is 0 Å². The van der Waals surface area contributed by atoms with E-state index in [9.17, 15) is 19.8 Å². The summed E-state index contributed by atoms with van der Waals surface area (Å²) in [5.41, 5.74) is 2.45. The average molecular weight is 442 g/mol. The van der Waals surface area contributed by atoms with Gasteiger partial charge in [0.15, 0.2) is 0 Å². The molecule has 0 spiro atoms. The monoisotopic (exact) mass is 441 g/mol. The number of hydrogen-bond donors (Lipinski definition) is 2. The number of piperazine rings is 1.